The van der Waals surface area contributed by atoms with Crippen LogP contribution in [0.15, 0.2) is 66.7 Å². The van der Waals surface area contributed by atoms with Gasteiger partial charge in [0, 0.05) is 27.1 Å². The highest BCUT2D eigenvalue weighted by molar-refractivity contribution is 5.80. The first-order chi connectivity index (χ1) is 16.6. The highest BCUT2D eigenvalue weighted by Gasteiger charge is 2.30. The number of nitrogens with zero attached hydrogens (tertiary/aromatic N) is 1. The number of carbonyl (C=O) groups is 1. The average molecular weight is 468 g/mol. The van der Waals surface area contributed by atoms with Crippen LogP contribution in [0.1, 0.15) is 36.8 Å². The Balaban J connectivity index is 1.60. The van der Waals surface area contributed by atoms with Crippen molar-refractivity contribution >= 4 is 5.91 Å². The second-order valence-corrected chi connectivity index (χ2v) is 8.72. The monoisotopic (exact) mass is 467 g/mol. The third kappa shape index (κ3) is 8.28. The Labute approximate surface area is 203 Å². The molecule has 3 rings (SSSR count). The smallest absolute Gasteiger partial charge is 0.251 e. The molecule has 1 amide bonds. The third-order valence-electron chi connectivity index (χ3n) is 5.87. The minimum atomic E-state index is -0.506. The molecule has 0 spiro atoms. The van der Waals surface area contributed by atoms with Crippen molar-refractivity contribution in [2.75, 3.05) is 27.8 Å². The zero-order chi connectivity index (χ0) is 24.2. The van der Waals surface area contributed by atoms with Crippen LogP contribution in [-0.2, 0) is 32.2 Å². The Morgan fingerprint density at radius 2 is 1.68 bits per heavy atom. The first kappa shape index (κ1) is 25.9. The van der Waals surface area contributed by atoms with Crippen molar-refractivity contribution in [3.63, 3.8) is 0 Å². The molecular weight excluding hydrogens is 430 g/mol. The predicted molar refractivity (Wildman–Crippen MR) is 133 cm³/mol. The van der Waals surface area contributed by atoms with Gasteiger partial charge in [-0.05, 0) is 42.5 Å². The van der Waals surface area contributed by atoms with Crippen LogP contribution < -0.4 is 4.74 Å². The van der Waals surface area contributed by atoms with E-state index in [1.807, 2.05) is 48.5 Å². The van der Waals surface area contributed by atoms with E-state index in [9.17, 15) is 4.79 Å². The van der Waals surface area contributed by atoms with E-state index < -0.39 is 6.10 Å². The summed E-state index contributed by atoms with van der Waals surface area (Å²) in [5, 5.41) is 0. The molecule has 0 saturated carbocycles. The van der Waals surface area contributed by atoms with Gasteiger partial charge in [-0.25, -0.2) is 0 Å². The van der Waals surface area contributed by atoms with Crippen LogP contribution in [0.25, 0.3) is 0 Å². The molecule has 34 heavy (non-hydrogen) atoms. The van der Waals surface area contributed by atoms with Gasteiger partial charge >= 0.3 is 0 Å². The largest absolute Gasteiger partial charge is 0.497 e. The molecule has 6 heteroatoms. The van der Waals surface area contributed by atoms with Crippen LogP contribution in [0.5, 0.6) is 5.75 Å². The minimum Gasteiger partial charge on any atom is -0.497 e. The van der Waals surface area contributed by atoms with Crippen LogP contribution in [-0.4, -0.2) is 56.9 Å². The van der Waals surface area contributed by atoms with Crippen LogP contribution in [0.4, 0.5) is 0 Å². The molecule has 3 atom stereocenters. The highest BCUT2D eigenvalue weighted by atomic mass is 16.5. The van der Waals surface area contributed by atoms with Crippen LogP contribution in [0.3, 0.4) is 0 Å². The lowest BCUT2D eigenvalue weighted by molar-refractivity contribution is -0.155. The lowest BCUT2D eigenvalue weighted by Crippen LogP contribution is -2.42. The lowest BCUT2D eigenvalue weighted by atomic mass is 10.0. The molecular formula is C28H37NO5. The number of methoxy groups -OCH3 is 1. The van der Waals surface area contributed by atoms with Gasteiger partial charge in [0.1, 0.15) is 11.9 Å². The molecule has 0 aliphatic carbocycles. The number of amides is 1. The molecule has 0 aromatic heterocycles. The van der Waals surface area contributed by atoms with Gasteiger partial charge < -0.3 is 23.8 Å². The normalized spacial score (nSPS) is 21.3. The molecule has 2 aromatic carbocycles. The zero-order valence-electron chi connectivity index (χ0n) is 20.5. The van der Waals surface area contributed by atoms with E-state index in [2.05, 4.69) is 18.2 Å². The summed E-state index contributed by atoms with van der Waals surface area (Å²) in [5.41, 5.74) is 2.23. The summed E-state index contributed by atoms with van der Waals surface area (Å²) in [7, 11) is 5.18. The van der Waals surface area contributed by atoms with E-state index in [1.54, 1.807) is 26.1 Å². The quantitative estimate of drug-likeness (QED) is 0.352. The second kappa shape index (κ2) is 13.9. The van der Waals surface area contributed by atoms with Crippen molar-refractivity contribution in [3.05, 3.63) is 77.9 Å². The maximum atomic E-state index is 12.7. The molecule has 0 bridgehead atoms. The summed E-state index contributed by atoms with van der Waals surface area (Å²) in [6.07, 6.45) is 6.18. The predicted octanol–water partition coefficient (Wildman–Crippen LogP) is 4.77. The zero-order valence-corrected chi connectivity index (χ0v) is 20.5. The molecule has 6 nitrogen and oxygen atoms in total. The number of carbonyl (C=O) groups excluding carboxylic acids is 1. The first-order valence-electron chi connectivity index (χ1n) is 11.9. The molecule has 1 heterocycles. The highest BCUT2D eigenvalue weighted by Crippen LogP contribution is 2.23. The third-order valence-corrected chi connectivity index (χ3v) is 5.87. The Hall–Kier alpha value is -2.67. The van der Waals surface area contributed by atoms with Crippen molar-refractivity contribution in [2.24, 2.45) is 0 Å². The van der Waals surface area contributed by atoms with E-state index >= 15 is 0 Å². The molecule has 0 unspecified atom stereocenters. The van der Waals surface area contributed by atoms with E-state index in [0.717, 1.165) is 36.1 Å². The number of ether oxygens (including phenoxy) is 4. The van der Waals surface area contributed by atoms with Gasteiger partial charge in [0.25, 0.3) is 5.91 Å². The molecule has 1 aliphatic heterocycles. The molecule has 0 saturated heterocycles. The summed E-state index contributed by atoms with van der Waals surface area (Å²) in [5.74, 6) is 0.796. The van der Waals surface area contributed by atoms with Crippen LogP contribution in [0.2, 0.25) is 0 Å². The molecule has 0 radical (unpaired) electrons. The topological polar surface area (TPSA) is 57.2 Å². The fourth-order valence-electron chi connectivity index (χ4n) is 3.91. The number of rotatable bonds is 11. The number of benzene rings is 2. The van der Waals surface area contributed by atoms with Gasteiger partial charge in [0.05, 0.1) is 32.5 Å². The van der Waals surface area contributed by atoms with E-state index in [-0.39, 0.29) is 18.1 Å². The average Bonchev–Trinajstić information content (AvgIpc) is 2.85. The van der Waals surface area contributed by atoms with E-state index in [4.69, 9.17) is 18.9 Å². The minimum absolute atomic E-state index is 0.0224. The van der Waals surface area contributed by atoms with Crippen LogP contribution in [0, 0.1) is 0 Å². The fourth-order valence-corrected chi connectivity index (χ4v) is 3.91. The number of hydrogen-bond acceptors (Lipinski definition) is 5. The van der Waals surface area contributed by atoms with Gasteiger partial charge in [0.15, 0.2) is 0 Å². The van der Waals surface area contributed by atoms with Crippen molar-refractivity contribution in [3.8, 4) is 5.75 Å². The first-order valence-corrected chi connectivity index (χ1v) is 11.9. The Kier molecular flexibility index (Phi) is 10.6. The van der Waals surface area contributed by atoms with Gasteiger partial charge in [-0.15, -0.1) is 0 Å². The Morgan fingerprint density at radius 3 is 2.38 bits per heavy atom. The van der Waals surface area contributed by atoms with Gasteiger partial charge in [0.2, 0.25) is 0 Å². The standard InChI is InChI=1S/C28H37NO5/c1-29(2)28(30)27-13-8-7-12-25(33-21-23-15-17-24(31-3)18-16-23)26(34-27)14-9-19-32-20-22-10-5-4-6-11-22/h4-8,10-11,15-18,25-27H,9,12-14,19-21H2,1-3H3/b8-7-/t25-,26-,27-/m0/s1. The maximum Gasteiger partial charge on any atom is 0.251 e. The molecule has 0 fully saturated rings. The molecule has 184 valence electrons. The van der Waals surface area contributed by atoms with Gasteiger partial charge in [-0.1, -0.05) is 54.6 Å². The maximum absolute atomic E-state index is 12.7. The van der Waals surface area contributed by atoms with E-state index in [0.29, 0.717) is 26.2 Å². The lowest BCUT2D eigenvalue weighted by Gasteiger charge is -2.32. The summed E-state index contributed by atoms with van der Waals surface area (Å²) >= 11 is 0. The number of hydrogen-bond donors (Lipinski definition) is 0. The second-order valence-electron chi connectivity index (χ2n) is 8.72. The summed E-state index contributed by atoms with van der Waals surface area (Å²) in [6, 6.07) is 18.0. The molecule has 0 N–H and O–H groups in total. The fraction of sp³-hybridized carbons (Fsp3) is 0.464. The van der Waals surface area contributed by atoms with Gasteiger partial charge in [-0.2, -0.15) is 0 Å². The summed E-state index contributed by atoms with van der Waals surface area (Å²) in [6.45, 7) is 1.69. The Morgan fingerprint density at radius 1 is 0.971 bits per heavy atom. The van der Waals surface area contributed by atoms with Crippen LogP contribution >= 0.6 is 0 Å². The molecule has 1 aliphatic rings. The Bertz CT molecular complexity index is 881. The van der Waals surface area contributed by atoms with E-state index in [1.165, 1.54) is 0 Å². The summed E-state index contributed by atoms with van der Waals surface area (Å²) in [4.78, 5) is 14.3. The van der Waals surface area contributed by atoms with Crippen molar-refractivity contribution in [2.45, 2.75) is 57.2 Å². The van der Waals surface area contributed by atoms with Crippen molar-refractivity contribution in [1.29, 1.82) is 0 Å². The molecule has 2 aromatic rings. The van der Waals surface area contributed by atoms with Crippen molar-refractivity contribution < 1.29 is 23.7 Å². The number of likely N-dealkylation sites (N-methyl/N-ethyl adjacent to an activating group) is 1. The van der Waals surface area contributed by atoms with Gasteiger partial charge in [-0.3, -0.25) is 4.79 Å². The summed E-state index contributed by atoms with van der Waals surface area (Å²) < 4.78 is 23.8. The SMILES string of the molecule is COc1ccc(CO[C@H]2C/C=C\C[C@@H](C(=O)N(C)C)O[C@H]2CCCOCc2ccccc2)cc1. The van der Waals surface area contributed by atoms with Crippen molar-refractivity contribution in [1.82, 2.24) is 4.90 Å².